The maximum absolute atomic E-state index is 11.8. The van der Waals surface area contributed by atoms with Gasteiger partial charge in [0.2, 0.25) is 0 Å². The van der Waals surface area contributed by atoms with Gasteiger partial charge in [-0.1, -0.05) is 25.7 Å². The first-order chi connectivity index (χ1) is 10.2. The van der Waals surface area contributed by atoms with Crippen molar-refractivity contribution in [3.63, 3.8) is 0 Å². The molecule has 1 aliphatic rings. The quantitative estimate of drug-likeness (QED) is 0.730. The summed E-state index contributed by atoms with van der Waals surface area (Å²) >= 11 is 0. The third-order valence-corrected chi connectivity index (χ3v) is 4.22. The molecular weight excluding hydrogens is 266 g/mol. The predicted molar refractivity (Wildman–Crippen MR) is 83.0 cm³/mol. The van der Waals surface area contributed by atoms with E-state index in [0.717, 1.165) is 18.5 Å². The lowest BCUT2D eigenvalue weighted by Gasteiger charge is -2.17. The monoisotopic (exact) mass is 293 g/mol. The predicted octanol–water partition coefficient (Wildman–Crippen LogP) is 2.47. The summed E-state index contributed by atoms with van der Waals surface area (Å²) in [6.07, 6.45) is 9.03. The molecule has 0 aromatic carbocycles. The average Bonchev–Trinajstić information content (AvgIpc) is 2.72. The molecule has 0 aliphatic heterocycles. The molecule has 1 atom stereocenters. The van der Waals surface area contributed by atoms with Crippen LogP contribution >= 0.6 is 0 Å². The fourth-order valence-corrected chi connectivity index (χ4v) is 2.95. The zero-order chi connectivity index (χ0) is 15.1. The normalized spacial score (nSPS) is 18.0. The molecule has 1 heterocycles. The molecule has 118 valence electrons. The van der Waals surface area contributed by atoms with Crippen molar-refractivity contribution in [3.8, 4) is 0 Å². The number of aliphatic hydroxyl groups is 1. The van der Waals surface area contributed by atoms with Crippen LogP contribution in [0.4, 0.5) is 4.79 Å². The fourth-order valence-electron chi connectivity index (χ4n) is 2.95. The second-order valence-corrected chi connectivity index (χ2v) is 5.94. The molecular formula is C16H27N3O2. The number of amides is 2. The van der Waals surface area contributed by atoms with Gasteiger partial charge in [-0.3, -0.25) is 0 Å². The zero-order valence-corrected chi connectivity index (χ0v) is 12.8. The van der Waals surface area contributed by atoms with Crippen molar-refractivity contribution in [2.24, 2.45) is 7.05 Å². The zero-order valence-electron chi connectivity index (χ0n) is 12.8. The van der Waals surface area contributed by atoms with Crippen molar-refractivity contribution < 1.29 is 9.90 Å². The lowest BCUT2D eigenvalue weighted by molar-refractivity contribution is 0.159. The number of aliphatic hydroxyl groups excluding tert-OH is 1. The Morgan fingerprint density at radius 3 is 2.71 bits per heavy atom. The van der Waals surface area contributed by atoms with E-state index in [9.17, 15) is 9.90 Å². The highest BCUT2D eigenvalue weighted by Gasteiger charge is 2.15. The molecule has 2 rings (SSSR count). The summed E-state index contributed by atoms with van der Waals surface area (Å²) in [5.41, 5.74) is 0.876. The molecule has 0 saturated heterocycles. The van der Waals surface area contributed by atoms with Crippen LogP contribution in [0.1, 0.15) is 56.7 Å². The number of nitrogens with one attached hydrogen (secondary N) is 2. The summed E-state index contributed by atoms with van der Waals surface area (Å²) < 4.78 is 1.90. The van der Waals surface area contributed by atoms with E-state index < -0.39 is 6.10 Å². The van der Waals surface area contributed by atoms with Crippen molar-refractivity contribution in [3.05, 3.63) is 24.0 Å². The highest BCUT2D eigenvalue weighted by Crippen LogP contribution is 2.17. The summed E-state index contributed by atoms with van der Waals surface area (Å²) in [5.74, 6) is 0. The highest BCUT2D eigenvalue weighted by atomic mass is 16.3. The van der Waals surface area contributed by atoms with Crippen LogP contribution in [0.15, 0.2) is 18.3 Å². The van der Waals surface area contributed by atoms with Crippen molar-refractivity contribution in [1.29, 1.82) is 0 Å². The Morgan fingerprint density at radius 1 is 1.38 bits per heavy atom. The third kappa shape index (κ3) is 5.08. The van der Waals surface area contributed by atoms with Crippen molar-refractivity contribution in [2.75, 3.05) is 6.54 Å². The van der Waals surface area contributed by atoms with Crippen LogP contribution in [0.5, 0.6) is 0 Å². The SMILES string of the molecule is Cn1cccc1C(O)CCNC(=O)NC1CCCCCC1. The van der Waals surface area contributed by atoms with E-state index in [4.69, 9.17) is 0 Å². The van der Waals surface area contributed by atoms with Gasteiger partial charge in [0.1, 0.15) is 0 Å². The third-order valence-electron chi connectivity index (χ3n) is 4.22. The second-order valence-electron chi connectivity index (χ2n) is 5.94. The average molecular weight is 293 g/mol. The molecule has 1 saturated carbocycles. The van der Waals surface area contributed by atoms with Crippen LogP contribution in [0, 0.1) is 0 Å². The Hall–Kier alpha value is -1.49. The number of aryl methyl sites for hydroxylation is 1. The molecule has 0 radical (unpaired) electrons. The molecule has 1 aromatic rings. The van der Waals surface area contributed by atoms with Crippen molar-refractivity contribution >= 4 is 6.03 Å². The van der Waals surface area contributed by atoms with Crippen LogP contribution < -0.4 is 10.6 Å². The largest absolute Gasteiger partial charge is 0.387 e. The van der Waals surface area contributed by atoms with Gasteiger partial charge in [-0.2, -0.15) is 0 Å². The minimum absolute atomic E-state index is 0.110. The maximum atomic E-state index is 11.8. The van der Waals surface area contributed by atoms with Crippen LogP contribution in [0.3, 0.4) is 0 Å². The number of urea groups is 1. The van der Waals surface area contributed by atoms with Gasteiger partial charge in [-0.25, -0.2) is 4.79 Å². The number of nitrogens with zero attached hydrogens (tertiary/aromatic N) is 1. The topological polar surface area (TPSA) is 66.3 Å². The number of carbonyl (C=O) groups is 1. The van der Waals surface area contributed by atoms with Crippen LogP contribution in [-0.4, -0.2) is 28.3 Å². The number of aromatic nitrogens is 1. The van der Waals surface area contributed by atoms with E-state index in [-0.39, 0.29) is 6.03 Å². The Balaban J connectivity index is 1.65. The Bertz CT molecular complexity index is 436. The highest BCUT2D eigenvalue weighted by molar-refractivity contribution is 5.74. The number of hydrogen-bond donors (Lipinski definition) is 3. The smallest absolute Gasteiger partial charge is 0.315 e. The molecule has 2 amide bonds. The molecule has 1 aromatic heterocycles. The van der Waals surface area contributed by atoms with Crippen LogP contribution in [-0.2, 0) is 7.05 Å². The van der Waals surface area contributed by atoms with Crippen LogP contribution in [0.25, 0.3) is 0 Å². The standard InChI is InChI=1S/C16H27N3O2/c1-19-12-6-9-14(19)15(20)10-11-17-16(21)18-13-7-4-2-3-5-8-13/h6,9,12-13,15,20H,2-5,7-8,10-11H2,1H3,(H2,17,18,21). The Labute approximate surface area is 126 Å². The van der Waals surface area contributed by atoms with Gasteiger partial charge >= 0.3 is 6.03 Å². The molecule has 0 bridgehead atoms. The first-order valence-electron chi connectivity index (χ1n) is 8.00. The van der Waals surface area contributed by atoms with Gasteiger partial charge < -0.3 is 20.3 Å². The van der Waals surface area contributed by atoms with Gasteiger partial charge in [0.25, 0.3) is 0 Å². The second kappa shape index (κ2) is 8.08. The lowest BCUT2D eigenvalue weighted by Crippen LogP contribution is -2.42. The van der Waals surface area contributed by atoms with E-state index in [2.05, 4.69) is 10.6 Å². The van der Waals surface area contributed by atoms with Crippen LogP contribution in [0.2, 0.25) is 0 Å². The van der Waals surface area contributed by atoms with Gasteiger partial charge in [0.15, 0.2) is 0 Å². The van der Waals surface area contributed by atoms with Gasteiger partial charge in [-0.15, -0.1) is 0 Å². The van der Waals surface area contributed by atoms with E-state index in [1.54, 1.807) is 0 Å². The molecule has 5 heteroatoms. The molecule has 3 N–H and O–H groups in total. The molecule has 1 aliphatic carbocycles. The lowest BCUT2D eigenvalue weighted by atomic mass is 10.1. The summed E-state index contributed by atoms with van der Waals surface area (Å²) in [7, 11) is 1.91. The minimum Gasteiger partial charge on any atom is -0.387 e. The Morgan fingerprint density at radius 2 is 2.10 bits per heavy atom. The number of hydrogen-bond acceptors (Lipinski definition) is 2. The fraction of sp³-hybridized carbons (Fsp3) is 0.688. The van der Waals surface area contributed by atoms with Gasteiger partial charge in [0.05, 0.1) is 6.10 Å². The molecule has 5 nitrogen and oxygen atoms in total. The Kier molecular flexibility index (Phi) is 6.11. The number of carbonyl (C=O) groups excluding carboxylic acids is 1. The summed E-state index contributed by atoms with van der Waals surface area (Å²) in [6.45, 7) is 0.477. The van der Waals surface area contributed by atoms with E-state index in [0.29, 0.717) is 19.0 Å². The molecule has 0 spiro atoms. The minimum atomic E-state index is -0.539. The summed E-state index contributed by atoms with van der Waals surface area (Å²) in [6, 6.07) is 4.01. The summed E-state index contributed by atoms with van der Waals surface area (Å²) in [4.78, 5) is 11.8. The first kappa shape index (κ1) is 15.9. The van der Waals surface area contributed by atoms with Gasteiger partial charge in [0, 0.05) is 31.5 Å². The van der Waals surface area contributed by atoms with Gasteiger partial charge in [-0.05, 0) is 31.4 Å². The van der Waals surface area contributed by atoms with E-state index >= 15 is 0 Å². The molecule has 1 fully saturated rings. The first-order valence-corrected chi connectivity index (χ1v) is 8.00. The molecule has 21 heavy (non-hydrogen) atoms. The van der Waals surface area contributed by atoms with E-state index in [1.165, 1.54) is 25.7 Å². The summed E-state index contributed by atoms with van der Waals surface area (Å²) in [5, 5.41) is 16.0. The molecule has 1 unspecified atom stereocenters. The maximum Gasteiger partial charge on any atom is 0.315 e. The van der Waals surface area contributed by atoms with Crippen molar-refractivity contribution in [1.82, 2.24) is 15.2 Å². The number of rotatable bonds is 5. The van der Waals surface area contributed by atoms with Crippen molar-refractivity contribution in [2.45, 2.75) is 57.1 Å². The van der Waals surface area contributed by atoms with E-state index in [1.807, 2.05) is 29.9 Å².